The molecule has 0 aliphatic heterocycles. The Morgan fingerprint density at radius 2 is 2.43 bits per heavy atom. The molecule has 1 aliphatic rings. The van der Waals surface area contributed by atoms with Crippen LogP contribution in [0.3, 0.4) is 0 Å². The van der Waals surface area contributed by atoms with Crippen LogP contribution in [-0.4, -0.2) is 0 Å². The topological polar surface area (TPSA) is 0 Å². The number of allylic oxidation sites excluding steroid dienone is 6. The highest BCUT2D eigenvalue weighted by Gasteiger charge is 1.92. The molecule has 0 fully saturated rings. The van der Waals surface area contributed by atoms with Crippen molar-refractivity contribution in [2.24, 2.45) is 0 Å². The zero-order chi connectivity index (χ0) is 5.11. The van der Waals surface area contributed by atoms with E-state index in [-0.39, 0.29) is 0 Å². The van der Waals surface area contributed by atoms with E-state index in [1.54, 1.807) is 0 Å². The molecule has 0 saturated carbocycles. The summed E-state index contributed by atoms with van der Waals surface area (Å²) in [6.45, 7) is 0. The van der Waals surface area contributed by atoms with Gasteiger partial charge in [-0.15, -0.1) is 0 Å². The van der Waals surface area contributed by atoms with Crippen LogP contribution in [0.2, 0.25) is 0 Å². The standard InChI is InChI=1S/C6H4Br/c7-6-4-2-1-3-5-6/h2-5H/q+1. The van der Waals surface area contributed by atoms with E-state index >= 15 is 0 Å². The Bertz CT molecular complexity index is 140. The summed E-state index contributed by atoms with van der Waals surface area (Å²) >= 11 is 3.29. The number of hydrogen-bond acceptors (Lipinski definition) is 0. The SMILES string of the molecule is BrC1=CC=[C+]C=C1. The molecule has 0 aromatic carbocycles. The average molecular weight is 156 g/mol. The van der Waals surface area contributed by atoms with Crippen molar-refractivity contribution in [2.45, 2.75) is 0 Å². The summed E-state index contributed by atoms with van der Waals surface area (Å²) in [7, 11) is 0. The van der Waals surface area contributed by atoms with Crippen molar-refractivity contribution in [2.75, 3.05) is 0 Å². The maximum atomic E-state index is 3.29. The van der Waals surface area contributed by atoms with E-state index in [1.807, 2.05) is 24.3 Å². The Hall–Kier alpha value is -0.390. The Labute approximate surface area is 51.4 Å². The monoisotopic (exact) mass is 155 g/mol. The van der Waals surface area contributed by atoms with Gasteiger partial charge >= 0.3 is 0 Å². The molecule has 0 amide bonds. The minimum Gasteiger partial charge on any atom is -0.0184 e. The number of halogens is 1. The summed E-state index contributed by atoms with van der Waals surface area (Å²) in [5, 5.41) is 0. The summed E-state index contributed by atoms with van der Waals surface area (Å²) in [5.74, 6) is 0. The first-order valence-corrected chi connectivity index (χ1v) is 2.80. The zero-order valence-electron chi connectivity index (χ0n) is 3.69. The molecular formula is C6H4Br+. The Morgan fingerprint density at radius 3 is 2.71 bits per heavy atom. The van der Waals surface area contributed by atoms with Gasteiger partial charge in [-0.05, 0) is 15.9 Å². The summed E-state index contributed by atoms with van der Waals surface area (Å²) in [5.41, 5.74) is 0. The van der Waals surface area contributed by atoms with Crippen molar-refractivity contribution in [3.05, 3.63) is 34.9 Å². The molecule has 0 aromatic rings. The van der Waals surface area contributed by atoms with Gasteiger partial charge in [-0.1, -0.05) is 0 Å². The molecule has 0 aromatic heterocycles. The minimum absolute atomic E-state index is 1.10. The Kier molecular flexibility index (Phi) is 1.40. The molecule has 0 bridgehead atoms. The van der Waals surface area contributed by atoms with Crippen LogP contribution >= 0.6 is 15.9 Å². The molecule has 0 spiro atoms. The molecule has 1 heteroatoms. The summed E-state index contributed by atoms with van der Waals surface area (Å²) in [6, 6.07) is 0. The molecule has 0 radical (unpaired) electrons. The van der Waals surface area contributed by atoms with Crippen molar-refractivity contribution in [3.8, 4) is 0 Å². The molecule has 0 unspecified atom stereocenters. The predicted molar refractivity (Wildman–Crippen MR) is 34.0 cm³/mol. The van der Waals surface area contributed by atoms with Gasteiger partial charge in [0.15, 0.2) is 0 Å². The van der Waals surface area contributed by atoms with Crippen molar-refractivity contribution < 1.29 is 0 Å². The third kappa shape index (κ3) is 1.26. The van der Waals surface area contributed by atoms with Crippen molar-refractivity contribution in [1.29, 1.82) is 0 Å². The second-order valence-electron chi connectivity index (χ2n) is 1.22. The smallest absolute Gasteiger partial charge is 0.0184 e. The highest BCUT2D eigenvalue weighted by molar-refractivity contribution is 9.11. The Balaban J connectivity index is 2.82. The first kappa shape index (κ1) is 4.76. The molecule has 0 saturated heterocycles. The van der Waals surface area contributed by atoms with Crippen molar-refractivity contribution in [1.82, 2.24) is 0 Å². The molecule has 1 aliphatic carbocycles. The fraction of sp³-hybridized carbons (Fsp3) is 0. The van der Waals surface area contributed by atoms with Crippen LogP contribution in [0.4, 0.5) is 0 Å². The molecule has 0 nitrogen and oxygen atoms in total. The molecule has 34 valence electrons. The van der Waals surface area contributed by atoms with Gasteiger partial charge in [0, 0.05) is 6.08 Å². The summed E-state index contributed by atoms with van der Waals surface area (Å²) in [4.78, 5) is 0. The van der Waals surface area contributed by atoms with E-state index in [1.165, 1.54) is 0 Å². The number of rotatable bonds is 0. The first-order chi connectivity index (χ1) is 3.39. The molecule has 0 N–H and O–H groups in total. The van der Waals surface area contributed by atoms with E-state index in [2.05, 4.69) is 22.0 Å². The van der Waals surface area contributed by atoms with E-state index in [4.69, 9.17) is 0 Å². The second kappa shape index (κ2) is 2.06. The normalized spacial score (nSPS) is 15.9. The van der Waals surface area contributed by atoms with Gasteiger partial charge in [0.2, 0.25) is 0 Å². The molecule has 1 rings (SSSR count). The fourth-order valence-electron chi connectivity index (χ4n) is 0.367. The van der Waals surface area contributed by atoms with E-state index < -0.39 is 0 Å². The maximum Gasteiger partial charge on any atom is 0.127 e. The molecular weight excluding hydrogens is 152 g/mol. The molecule has 7 heavy (non-hydrogen) atoms. The second-order valence-corrected chi connectivity index (χ2v) is 2.13. The van der Waals surface area contributed by atoms with E-state index in [9.17, 15) is 0 Å². The van der Waals surface area contributed by atoms with Crippen LogP contribution < -0.4 is 0 Å². The highest BCUT2D eigenvalue weighted by Crippen LogP contribution is 2.08. The summed E-state index contributed by atoms with van der Waals surface area (Å²) < 4.78 is 1.10. The van der Waals surface area contributed by atoms with Gasteiger partial charge in [0.25, 0.3) is 0 Å². The summed E-state index contributed by atoms with van der Waals surface area (Å²) in [6.07, 6.45) is 10.5. The van der Waals surface area contributed by atoms with Crippen LogP contribution in [0.5, 0.6) is 0 Å². The minimum atomic E-state index is 1.10. The quantitative estimate of drug-likeness (QED) is 0.471. The lowest BCUT2D eigenvalue weighted by atomic mass is 10.3. The van der Waals surface area contributed by atoms with Gasteiger partial charge < -0.3 is 0 Å². The Morgan fingerprint density at radius 1 is 1.57 bits per heavy atom. The average Bonchev–Trinajstić information content (AvgIpc) is 1.69. The fourth-order valence-corrected chi connectivity index (χ4v) is 0.631. The zero-order valence-corrected chi connectivity index (χ0v) is 5.27. The van der Waals surface area contributed by atoms with Crippen LogP contribution in [0.25, 0.3) is 0 Å². The van der Waals surface area contributed by atoms with Crippen LogP contribution in [0, 0.1) is 6.08 Å². The van der Waals surface area contributed by atoms with Gasteiger partial charge in [-0.3, -0.25) is 0 Å². The van der Waals surface area contributed by atoms with Gasteiger partial charge in [-0.2, -0.15) is 0 Å². The third-order valence-corrected chi connectivity index (χ3v) is 1.21. The molecule has 0 heterocycles. The highest BCUT2D eigenvalue weighted by atomic mass is 79.9. The van der Waals surface area contributed by atoms with Gasteiger partial charge in [-0.25, -0.2) is 0 Å². The van der Waals surface area contributed by atoms with E-state index in [0.717, 1.165) is 4.48 Å². The van der Waals surface area contributed by atoms with Gasteiger partial charge in [0.1, 0.15) is 16.6 Å². The predicted octanol–water partition coefficient (Wildman–Crippen LogP) is 2.19. The molecule has 0 atom stereocenters. The van der Waals surface area contributed by atoms with E-state index in [0.29, 0.717) is 0 Å². The lowest BCUT2D eigenvalue weighted by Gasteiger charge is -1.75. The van der Waals surface area contributed by atoms with Crippen molar-refractivity contribution in [3.63, 3.8) is 0 Å². The van der Waals surface area contributed by atoms with Crippen molar-refractivity contribution >= 4 is 15.9 Å². The largest absolute Gasteiger partial charge is 0.127 e. The lowest BCUT2D eigenvalue weighted by molar-refractivity contribution is 1.73. The maximum absolute atomic E-state index is 3.29. The number of hydrogen-bond donors (Lipinski definition) is 0. The van der Waals surface area contributed by atoms with Crippen LogP contribution in [0.1, 0.15) is 0 Å². The first-order valence-electron chi connectivity index (χ1n) is 2.01. The van der Waals surface area contributed by atoms with Crippen LogP contribution in [0.15, 0.2) is 28.8 Å². The lowest BCUT2D eigenvalue weighted by Crippen LogP contribution is -1.65. The van der Waals surface area contributed by atoms with Crippen LogP contribution in [-0.2, 0) is 0 Å². The van der Waals surface area contributed by atoms with Gasteiger partial charge in [0.05, 0.1) is 12.2 Å². The third-order valence-electron chi connectivity index (χ3n) is 0.678.